The molecule has 0 atom stereocenters. The van der Waals surface area contributed by atoms with Crippen molar-refractivity contribution in [3.05, 3.63) is 51.5 Å². The van der Waals surface area contributed by atoms with Gasteiger partial charge in [0.15, 0.2) is 5.82 Å². The van der Waals surface area contributed by atoms with Crippen LogP contribution in [0.1, 0.15) is 16.0 Å². The SMILES string of the molecule is COc1ccc(CNc2nc(-c3cc[nH]n3)nc3sc4c(c23)CCN(C)C4)cc1Cl. The van der Waals surface area contributed by atoms with Gasteiger partial charge in [0.05, 0.1) is 17.5 Å². The number of thiophene rings is 1. The van der Waals surface area contributed by atoms with Crippen LogP contribution in [0.25, 0.3) is 21.7 Å². The number of rotatable bonds is 5. The highest BCUT2D eigenvalue weighted by Crippen LogP contribution is 2.38. The molecule has 0 bridgehead atoms. The predicted molar refractivity (Wildman–Crippen MR) is 120 cm³/mol. The molecule has 30 heavy (non-hydrogen) atoms. The second-order valence-corrected chi connectivity index (χ2v) is 8.84. The van der Waals surface area contributed by atoms with Gasteiger partial charge < -0.3 is 15.0 Å². The van der Waals surface area contributed by atoms with Crippen molar-refractivity contribution in [1.82, 2.24) is 25.1 Å². The highest BCUT2D eigenvalue weighted by Gasteiger charge is 2.23. The molecule has 0 unspecified atom stereocenters. The van der Waals surface area contributed by atoms with Gasteiger partial charge in [-0.25, -0.2) is 9.97 Å². The van der Waals surface area contributed by atoms with Crippen LogP contribution in [0.5, 0.6) is 5.75 Å². The van der Waals surface area contributed by atoms with Crippen LogP contribution >= 0.6 is 22.9 Å². The molecule has 4 heterocycles. The summed E-state index contributed by atoms with van der Waals surface area (Å²) < 4.78 is 5.25. The van der Waals surface area contributed by atoms with E-state index in [9.17, 15) is 0 Å². The van der Waals surface area contributed by atoms with Crippen molar-refractivity contribution in [3.63, 3.8) is 0 Å². The molecule has 0 aliphatic carbocycles. The summed E-state index contributed by atoms with van der Waals surface area (Å²) >= 11 is 8.05. The first kappa shape index (κ1) is 19.3. The largest absolute Gasteiger partial charge is 0.495 e. The molecule has 1 aliphatic rings. The average Bonchev–Trinajstić information content (AvgIpc) is 3.39. The Morgan fingerprint density at radius 3 is 2.97 bits per heavy atom. The lowest BCUT2D eigenvalue weighted by Crippen LogP contribution is -2.25. The molecule has 154 valence electrons. The van der Waals surface area contributed by atoms with Gasteiger partial charge in [0.2, 0.25) is 0 Å². The van der Waals surface area contributed by atoms with E-state index < -0.39 is 0 Å². The number of H-pyrrole nitrogens is 1. The molecule has 7 nitrogen and oxygen atoms in total. The van der Waals surface area contributed by atoms with E-state index in [2.05, 4.69) is 27.5 Å². The van der Waals surface area contributed by atoms with Gasteiger partial charge in [-0.15, -0.1) is 11.3 Å². The topological polar surface area (TPSA) is 79.0 Å². The normalized spacial score (nSPS) is 14.1. The summed E-state index contributed by atoms with van der Waals surface area (Å²) in [6.07, 6.45) is 2.78. The van der Waals surface area contributed by atoms with Crippen molar-refractivity contribution >= 4 is 39.0 Å². The number of hydrogen-bond donors (Lipinski definition) is 2. The number of nitrogens with one attached hydrogen (secondary N) is 2. The van der Waals surface area contributed by atoms with Gasteiger partial charge in [-0.2, -0.15) is 5.10 Å². The van der Waals surface area contributed by atoms with Crippen molar-refractivity contribution < 1.29 is 4.74 Å². The molecule has 5 rings (SSSR count). The third-order valence-corrected chi connectivity index (χ3v) is 6.70. The van der Waals surface area contributed by atoms with E-state index in [1.165, 1.54) is 10.4 Å². The monoisotopic (exact) mass is 440 g/mol. The summed E-state index contributed by atoms with van der Waals surface area (Å²) in [6.45, 7) is 2.58. The molecule has 0 spiro atoms. The Bertz CT molecular complexity index is 1210. The maximum atomic E-state index is 6.30. The first-order valence-corrected chi connectivity index (χ1v) is 10.9. The number of methoxy groups -OCH3 is 1. The van der Waals surface area contributed by atoms with Gasteiger partial charge in [-0.1, -0.05) is 17.7 Å². The third-order valence-electron chi connectivity index (χ3n) is 5.30. The van der Waals surface area contributed by atoms with E-state index in [-0.39, 0.29) is 0 Å². The Morgan fingerprint density at radius 1 is 1.30 bits per heavy atom. The van der Waals surface area contributed by atoms with Crippen LogP contribution in [0.15, 0.2) is 30.5 Å². The number of halogens is 1. The fraction of sp³-hybridized carbons (Fsp3) is 0.286. The van der Waals surface area contributed by atoms with Gasteiger partial charge in [0.1, 0.15) is 22.1 Å². The number of fused-ring (bicyclic) bond motifs is 3. The fourth-order valence-corrected chi connectivity index (χ4v) is 5.34. The minimum atomic E-state index is 0.595. The van der Waals surface area contributed by atoms with Gasteiger partial charge in [0, 0.05) is 30.7 Å². The second-order valence-electron chi connectivity index (χ2n) is 7.35. The first-order valence-electron chi connectivity index (χ1n) is 9.69. The number of aromatic nitrogens is 4. The average molecular weight is 441 g/mol. The van der Waals surface area contributed by atoms with Crippen LogP contribution in [0.4, 0.5) is 5.82 Å². The van der Waals surface area contributed by atoms with E-state index in [1.807, 2.05) is 24.3 Å². The zero-order valence-electron chi connectivity index (χ0n) is 16.7. The molecule has 9 heteroatoms. The molecule has 0 amide bonds. The Morgan fingerprint density at radius 2 is 2.20 bits per heavy atom. The molecule has 4 aromatic rings. The highest BCUT2D eigenvalue weighted by atomic mass is 35.5. The summed E-state index contributed by atoms with van der Waals surface area (Å²) in [4.78, 5) is 14.4. The highest BCUT2D eigenvalue weighted by molar-refractivity contribution is 7.19. The zero-order chi connectivity index (χ0) is 20.7. The third kappa shape index (κ3) is 3.51. The van der Waals surface area contributed by atoms with E-state index in [0.29, 0.717) is 23.1 Å². The van der Waals surface area contributed by atoms with Gasteiger partial charge >= 0.3 is 0 Å². The summed E-state index contributed by atoms with van der Waals surface area (Å²) in [5.41, 5.74) is 3.14. The zero-order valence-corrected chi connectivity index (χ0v) is 18.3. The molecule has 3 aromatic heterocycles. The number of benzene rings is 1. The number of nitrogens with zero attached hydrogens (tertiary/aromatic N) is 4. The van der Waals surface area contributed by atoms with Crippen molar-refractivity contribution in [1.29, 1.82) is 0 Å². The Labute approximate surface area is 183 Å². The maximum absolute atomic E-state index is 6.30. The molecule has 0 fully saturated rings. The Kier molecular flexibility index (Phi) is 5.06. The number of aromatic amines is 1. The molecule has 0 saturated carbocycles. The predicted octanol–water partition coefficient (Wildman–Crippen LogP) is 4.34. The quantitative estimate of drug-likeness (QED) is 0.480. The Hall–Kier alpha value is -2.68. The standard InChI is InChI=1S/C21H21ClN6OS/c1-28-8-6-13-17(11-28)30-21-18(13)20(25-19(26-21)15-5-7-24-27-15)23-10-12-3-4-16(29-2)14(22)9-12/h3-5,7,9H,6,8,10-11H2,1-2H3,(H,24,27)(H,23,25,26). The number of anilines is 1. The van der Waals surface area contributed by atoms with Crippen molar-refractivity contribution in [2.24, 2.45) is 0 Å². The van der Waals surface area contributed by atoms with Crippen LogP contribution in [0.3, 0.4) is 0 Å². The summed E-state index contributed by atoms with van der Waals surface area (Å²) in [7, 11) is 3.77. The summed E-state index contributed by atoms with van der Waals surface area (Å²) in [6, 6.07) is 7.68. The summed E-state index contributed by atoms with van der Waals surface area (Å²) in [5, 5.41) is 12.4. The van der Waals surface area contributed by atoms with Gasteiger partial charge in [-0.3, -0.25) is 5.10 Å². The summed E-state index contributed by atoms with van der Waals surface area (Å²) in [5.74, 6) is 2.12. The number of likely N-dealkylation sites (N-methyl/N-ethyl adjacent to an activating group) is 1. The lowest BCUT2D eigenvalue weighted by molar-refractivity contribution is 0.318. The lowest BCUT2D eigenvalue weighted by Gasteiger charge is -2.22. The molecule has 0 radical (unpaired) electrons. The van der Waals surface area contributed by atoms with E-state index >= 15 is 0 Å². The van der Waals surface area contributed by atoms with E-state index in [0.717, 1.165) is 46.8 Å². The minimum absolute atomic E-state index is 0.595. The molecule has 1 aromatic carbocycles. The number of ether oxygens (including phenoxy) is 1. The van der Waals surface area contributed by atoms with Crippen molar-refractivity contribution in [3.8, 4) is 17.3 Å². The smallest absolute Gasteiger partial charge is 0.183 e. The minimum Gasteiger partial charge on any atom is -0.495 e. The van der Waals surface area contributed by atoms with Crippen LogP contribution in [-0.2, 0) is 19.5 Å². The molecule has 1 aliphatic heterocycles. The van der Waals surface area contributed by atoms with Crippen LogP contribution in [0, 0.1) is 0 Å². The second kappa shape index (κ2) is 7.86. The van der Waals surface area contributed by atoms with Crippen LogP contribution < -0.4 is 10.1 Å². The number of hydrogen-bond acceptors (Lipinski definition) is 7. The van der Waals surface area contributed by atoms with Gasteiger partial charge in [0.25, 0.3) is 0 Å². The fourth-order valence-electron chi connectivity index (χ4n) is 3.76. The van der Waals surface area contributed by atoms with Crippen LogP contribution in [-0.4, -0.2) is 45.8 Å². The Balaban J connectivity index is 1.55. The molecule has 2 N–H and O–H groups in total. The van der Waals surface area contributed by atoms with Crippen molar-refractivity contribution in [2.75, 3.05) is 26.0 Å². The van der Waals surface area contributed by atoms with Gasteiger partial charge in [-0.05, 0) is 42.8 Å². The first-order chi connectivity index (χ1) is 14.6. The van der Waals surface area contributed by atoms with Crippen molar-refractivity contribution in [2.45, 2.75) is 19.5 Å². The van der Waals surface area contributed by atoms with E-state index in [4.69, 9.17) is 26.3 Å². The maximum Gasteiger partial charge on any atom is 0.183 e. The molecular formula is C21H21ClN6OS. The van der Waals surface area contributed by atoms with Crippen LogP contribution in [0.2, 0.25) is 5.02 Å². The van der Waals surface area contributed by atoms with E-state index in [1.54, 1.807) is 24.6 Å². The molecular weight excluding hydrogens is 420 g/mol. The lowest BCUT2D eigenvalue weighted by atomic mass is 10.1. The molecule has 0 saturated heterocycles.